The number of carboxylic acid groups (broad SMARTS) is 1. The third-order valence-electron chi connectivity index (χ3n) is 2.84. The second-order valence-electron chi connectivity index (χ2n) is 5.07. The molecule has 0 heterocycles. The zero-order valence-corrected chi connectivity index (χ0v) is 12.9. The van der Waals surface area contributed by atoms with E-state index in [9.17, 15) is 29.1 Å². The summed E-state index contributed by atoms with van der Waals surface area (Å²) >= 11 is 0. The molecule has 4 unspecified atom stereocenters. The SMILES string of the molecule is CC(O)C(NC(=O)C(CC(N)=O)NC(=O)C(N)CC(N)=O)C(=O)O. The Labute approximate surface area is 136 Å². The molecule has 0 spiro atoms. The molecule has 0 saturated heterocycles. The van der Waals surface area contributed by atoms with Gasteiger partial charge in [-0.05, 0) is 6.92 Å². The molecular weight excluding hydrogens is 326 g/mol. The van der Waals surface area contributed by atoms with Crippen LogP contribution in [0.2, 0.25) is 0 Å². The van der Waals surface area contributed by atoms with Crippen LogP contribution in [0.1, 0.15) is 19.8 Å². The van der Waals surface area contributed by atoms with E-state index < -0.39 is 66.7 Å². The number of primary amides is 2. The van der Waals surface area contributed by atoms with Gasteiger partial charge in [-0.1, -0.05) is 0 Å². The van der Waals surface area contributed by atoms with Crippen molar-refractivity contribution in [2.75, 3.05) is 0 Å². The molecule has 0 radical (unpaired) electrons. The number of amides is 4. The van der Waals surface area contributed by atoms with Gasteiger partial charge in [0.15, 0.2) is 6.04 Å². The first-order chi connectivity index (χ1) is 11.0. The molecule has 0 aromatic carbocycles. The molecule has 0 rings (SSSR count). The van der Waals surface area contributed by atoms with Gasteiger partial charge in [0.1, 0.15) is 6.04 Å². The fourth-order valence-electron chi connectivity index (χ4n) is 1.64. The maximum Gasteiger partial charge on any atom is 0.328 e. The molecule has 0 aliphatic heterocycles. The minimum atomic E-state index is -1.66. The molecule has 12 nitrogen and oxygen atoms in total. The second-order valence-corrected chi connectivity index (χ2v) is 5.07. The lowest BCUT2D eigenvalue weighted by molar-refractivity contribution is -0.145. The maximum atomic E-state index is 12.0. The maximum absolute atomic E-state index is 12.0. The predicted molar refractivity (Wildman–Crippen MR) is 78.8 cm³/mol. The van der Waals surface area contributed by atoms with Crippen molar-refractivity contribution in [3.05, 3.63) is 0 Å². The zero-order chi connectivity index (χ0) is 19.0. The van der Waals surface area contributed by atoms with E-state index in [1.807, 2.05) is 5.32 Å². The third-order valence-corrected chi connectivity index (χ3v) is 2.84. The summed E-state index contributed by atoms with van der Waals surface area (Å²) in [7, 11) is 0. The van der Waals surface area contributed by atoms with Crippen LogP contribution in [-0.4, -0.2) is 64.0 Å². The van der Waals surface area contributed by atoms with Crippen molar-refractivity contribution < 1.29 is 34.2 Å². The molecule has 24 heavy (non-hydrogen) atoms. The molecule has 10 N–H and O–H groups in total. The first kappa shape index (κ1) is 21.3. The highest BCUT2D eigenvalue weighted by Crippen LogP contribution is 1.99. The molecule has 136 valence electrons. The van der Waals surface area contributed by atoms with Crippen LogP contribution in [0.5, 0.6) is 0 Å². The Hall–Kier alpha value is -2.73. The molecule has 0 fully saturated rings. The first-order valence-electron chi connectivity index (χ1n) is 6.79. The Morgan fingerprint density at radius 2 is 1.46 bits per heavy atom. The van der Waals surface area contributed by atoms with E-state index in [0.29, 0.717) is 0 Å². The molecule has 0 aliphatic rings. The average molecular weight is 347 g/mol. The third kappa shape index (κ3) is 7.51. The molecule has 0 saturated carbocycles. The standard InChI is InChI=1S/C12H21N5O7/c1-4(18)9(12(23)24)17-11(22)6(3-8(15)20)16-10(21)5(13)2-7(14)19/h4-6,9,18H,2-3,13H2,1H3,(H2,14,19)(H2,15,20)(H,16,21)(H,17,22)(H,23,24). The van der Waals surface area contributed by atoms with Gasteiger partial charge < -0.3 is 38.0 Å². The summed E-state index contributed by atoms with van der Waals surface area (Å²) in [6, 6.07) is -4.56. The van der Waals surface area contributed by atoms with Crippen molar-refractivity contribution in [3.63, 3.8) is 0 Å². The van der Waals surface area contributed by atoms with Crippen LogP contribution in [0.3, 0.4) is 0 Å². The summed E-state index contributed by atoms with van der Waals surface area (Å²) in [6.45, 7) is 1.13. The Morgan fingerprint density at radius 3 is 1.83 bits per heavy atom. The van der Waals surface area contributed by atoms with Crippen molar-refractivity contribution in [1.29, 1.82) is 0 Å². The lowest BCUT2D eigenvalue weighted by atomic mass is 10.1. The summed E-state index contributed by atoms with van der Waals surface area (Å²) in [6.07, 6.45) is -2.58. The number of carboxylic acids is 1. The van der Waals surface area contributed by atoms with Gasteiger partial charge in [0.05, 0.1) is 25.0 Å². The summed E-state index contributed by atoms with van der Waals surface area (Å²) in [5, 5.41) is 22.3. The number of hydrogen-bond donors (Lipinski definition) is 7. The van der Waals surface area contributed by atoms with Crippen molar-refractivity contribution >= 4 is 29.6 Å². The molecule has 4 atom stereocenters. The minimum Gasteiger partial charge on any atom is -0.480 e. The average Bonchev–Trinajstić information content (AvgIpc) is 2.41. The number of nitrogens with one attached hydrogen (secondary N) is 2. The highest BCUT2D eigenvalue weighted by Gasteiger charge is 2.31. The number of carbonyl (C=O) groups excluding carboxylic acids is 4. The van der Waals surface area contributed by atoms with Crippen molar-refractivity contribution in [3.8, 4) is 0 Å². The van der Waals surface area contributed by atoms with Crippen LogP contribution in [0.25, 0.3) is 0 Å². The van der Waals surface area contributed by atoms with E-state index >= 15 is 0 Å². The number of aliphatic hydroxyl groups excluding tert-OH is 1. The van der Waals surface area contributed by atoms with Gasteiger partial charge in [-0.15, -0.1) is 0 Å². The lowest BCUT2D eigenvalue weighted by Crippen LogP contribution is -2.57. The van der Waals surface area contributed by atoms with Crippen LogP contribution < -0.4 is 27.8 Å². The summed E-state index contributed by atoms with van der Waals surface area (Å²) < 4.78 is 0. The molecule has 0 aliphatic carbocycles. The van der Waals surface area contributed by atoms with Gasteiger partial charge in [-0.2, -0.15) is 0 Å². The molecule has 0 aromatic heterocycles. The molecule has 4 amide bonds. The summed E-state index contributed by atoms with van der Waals surface area (Å²) in [4.78, 5) is 56.5. The van der Waals surface area contributed by atoms with Crippen LogP contribution >= 0.6 is 0 Å². The van der Waals surface area contributed by atoms with Gasteiger partial charge in [-0.25, -0.2) is 4.79 Å². The molecule has 12 heteroatoms. The highest BCUT2D eigenvalue weighted by atomic mass is 16.4. The van der Waals surface area contributed by atoms with E-state index in [1.165, 1.54) is 0 Å². The molecular formula is C12H21N5O7. The Balaban J connectivity index is 5.08. The lowest BCUT2D eigenvalue weighted by Gasteiger charge is -2.23. The van der Waals surface area contributed by atoms with E-state index in [1.54, 1.807) is 0 Å². The van der Waals surface area contributed by atoms with Crippen LogP contribution in [0.4, 0.5) is 0 Å². The monoisotopic (exact) mass is 347 g/mol. The van der Waals surface area contributed by atoms with Crippen LogP contribution in [0, 0.1) is 0 Å². The number of aliphatic carboxylic acids is 1. The fourth-order valence-corrected chi connectivity index (χ4v) is 1.64. The number of nitrogens with two attached hydrogens (primary N) is 3. The minimum absolute atomic E-state index is 0.498. The summed E-state index contributed by atoms with van der Waals surface area (Å²) in [5.41, 5.74) is 15.3. The van der Waals surface area contributed by atoms with Gasteiger partial charge in [-0.3, -0.25) is 19.2 Å². The van der Waals surface area contributed by atoms with Crippen LogP contribution in [0.15, 0.2) is 0 Å². The number of rotatable bonds is 10. The quantitative estimate of drug-likeness (QED) is 0.203. The van der Waals surface area contributed by atoms with Crippen molar-refractivity contribution in [2.24, 2.45) is 17.2 Å². The summed E-state index contributed by atoms with van der Waals surface area (Å²) in [5.74, 6) is -5.36. The van der Waals surface area contributed by atoms with Crippen molar-refractivity contribution in [2.45, 2.75) is 44.0 Å². The smallest absolute Gasteiger partial charge is 0.328 e. The number of carbonyl (C=O) groups is 5. The second kappa shape index (κ2) is 9.42. The van der Waals surface area contributed by atoms with E-state index in [-0.39, 0.29) is 0 Å². The number of hydrogen-bond acceptors (Lipinski definition) is 7. The Bertz CT molecular complexity index is 522. The fraction of sp³-hybridized carbons (Fsp3) is 0.583. The van der Waals surface area contributed by atoms with Crippen molar-refractivity contribution in [1.82, 2.24) is 10.6 Å². The van der Waals surface area contributed by atoms with E-state index in [4.69, 9.17) is 22.3 Å². The largest absolute Gasteiger partial charge is 0.480 e. The topological polar surface area (TPSA) is 228 Å². The first-order valence-corrected chi connectivity index (χ1v) is 6.79. The van der Waals surface area contributed by atoms with E-state index in [0.717, 1.165) is 6.92 Å². The van der Waals surface area contributed by atoms with Gasteiger partial charge in [0.2, 0.25) is 23.6 Å². The van der Waals surface area contributed by atoms with E-state index in [2.05, 4.69) is 5.32 Å². The van der Waals surface area contributed by atoms with Gasteiger partial charge >= 0.3 is 5.97 Å². The van der Waals surface area contributed by atoms with Crippen LogP contribution in [-0.2, 0) is 24.0 Å². The highest BCUT2D eigenvalue weighted by molar-refractivity contribution is 5.95. The molecule has 0 bridgehead atoms. The molecule has 0 aromatic rings. The normalized spacial score (nSPS) is 15.5. The predicted octanol–water partition coefficient (Wildman–Crippen LogP) is -4.50. The Kier molecular flexibility index (Phi) is 8.35. The Morgan fingerprint density at radius 1 is 0.958 bits per heavy atom. The number of aliphatic hydroxyl groups is 1. The zero-order valence-electron chi connectivity index (χ0n) is 12.9. The van der Waals surface area contributed by atoms with Gasteiger partial charge in [0.25, 0.3) is 0 Å². The van der Waals surface area contributed by atoms with Gasteiger partial charge in [0, 0.05) is 0 Å².